The Hall–Kier alpha value is -1.72. The van der Waals surface area contributed by atoms with E-state index in [1.54, 1.807) is 6.92 Å². The van der Waals surface area contributed by atoms with Crippen molar-refractivity contribution in [3.05, 3.63) is 11.3 Å². The van der Waals surface area contributed by atoms with E-state index in [1.165, 1.54) is 0 Å². The van der Waals surface area contributed by atoms with Crippen LogP contribution in [0.15, 0.2) is 6.07 Å². The van der Waals surface area contributed by atoms with E-state index >= 15 is 0 Å². The SMILES string of the molecule is CCOc1cc(O)[n+]([O-])nc1N. The van der Waals surface area contributed by atoms with E-state index in [1.807, 2.05) is 0 Å². The van der Waals surface area contributed by atoms with Crippen LogP contribution in [0.25, 0.3) is 0 Å². The van der Waals surface area contributed by atoms with Crippen LogP contribution >= 0.6 is 0 Å². The minimum Gasteiger partial charge on any atom is -0.591 e. The molecule has 0 aliphatic heterocycles. The topological polar surface area (TPSA) is 95.3 Å². The van der Waals surface area contributed by atoms with Crippen LogP contribution in [0, 0.1) is 5.21 Å². The van der Waals surface area contributed by atoms with E-state index in [0.717, 1.165) is 6.07 Å². The third-order valence-corrected chi connectivity index (χ3v) is 1.21. The lowest BCUT2D eigenvalue weighted by atomic mass is 10.5. The summed E-state index contributed by atoms with van der Waals surface area (Å²) in [6.45, 7) is 2.16. The van der Waals surface area contributed by atoms with Gasteiger partial charge in [-0.1, -0.05) is 0 Å². The number of aromatic hydroxyl groups is 1. The Kier molecular flexibility index (Phi) is 2.18. The summed E-state index contributed by atoms with van der Waals surface area (Å²) in [5.41, 5.74) is 5.31. The molecule has 0 unspecified atom stereocenters. The van der Waals surface area contributed by atoms with Gasteiger partial charge in [0, 0.05) is 5.10 Å². The number of nitrogen functional groups attached to an aromatic ring is 1. The molecule has 0 spiro atoms. The van der Waals surface area contributed by atoms with Crippen LogP contribution in [0.3, 0.4) is 0 Å². The molecule has 6 heteroatoms. The van der Waals surface area contributed by atoms with Gasteiger partial charge < -0.3 is 20.8 Å². The van der Waals surface area contributed by atoms with Crippen molar-refractivity contribution < 1.29 is 14.7 Å². The smallest absolute Gasteiger partial charge is 0.407 e. The Morgan fingerprint density at radius 2 is 2.50 bits per heavy atom. The summed E-state index contributed by atoms with van der Waals surface area (Å²) in [5, 5.41) is 22.8. The first-order chi connectivity index (χ1) is 5.65. The van der Waals surface area contributed by atoms with Crippen molar-refractivity contribution in [2.75, 3.05) is 12.3 Å². The highest BCUT2D eigenvalue weighted by Crippen LogP contribution is 2.19. The second kappa shape index (κ2) is 3.12. The summed E-state index contributed by atoms with van der Waals surface area (Å²) in [6.07, 6.45) is 0. The summed E-state index contributed by atoms with van der Waals surface area (Å²) < 4.78 is 4.97. The minimum atomic E-state index is -0.535. The lowest BCUT2D eigenvalue weighted by Gasteiger charge is -2.04. The van der Waals surface area contributed by atoms with Crippen LogP contribution in [0.1, 0.15) is 6.92 Å². The van der Waals surface area contributed by atoms with Crippen molar-refractivity contribution in [1.29, 1.82) is 0 Å². The highest BCUT2D eigenvalue weighted by Gasteiger charge is 2.11. The fraction of sp³-hybridized carbons (Fsp3) is 0.333. The molecule has 0 aromatic carbocycles. The van der Waals surface area contributed by atoms with E-state index in [-0.39, 0.29) is 16.4 Å². The first-order valence-electron chi connectivity index (χ1n) is 3.37. The molecule has 66 valence electrons. The number of nitrogens with zero attached hydrogens (tertiary/aromatic N) is 2. The van der Waals surface area contributed by atoms with E-state index in [4.69, 9.17) is 15.6 Å². The van der Waals surface area contributed by atoms with Gasteiger partial charge in [-0.3, -0.25) is 0 Å². The lowest BCUT2D eigenvalue weighted by molar-refractivity contribution is -0.674. The van der Waals surface area contributed by atoms with Crippen LogP contribution in [0.2, 0.25) is 0 Å². The van der Waals surface area contributed by atoms with Crippen molar-refractivity contribution in [2.24, 2.45) is 0 Å². The molecule has 1 aromatic heterocycles. The van der Waals surface area contributed by atoms with Gasteiger partial charge >= 0.3 is 5.88 Å². The molecular formula is C6H9N3O3. The fourth-order valence-electron chi connectivity index (χ4n) is 0.716. The first kappa shape index (κ1) is 8.38. The number of aromatic nitrogens is 2. The summed E-state index contributed by atoms with van der Waals surface area (Å²) in [7, 11) is 0. The van der Waals surface area contributed by atoms with Crippen molar-refractivity contribution in [1.82, 2.24) is 5.10 Å². The highest BCUT2D eigenvalue weighted by molar-refractivity contribution is 5.44. The maximum atomic E-state index is 10.6. The van der Waals surface area contributed by atoms with Crippen LogP contribution in [0.4, 0.5) is 5.82 Å². The van der Waals surface area contributed by atoms with E-state index in [2.05, 4.69) is 5.10 Å². The first-order valence-corrected chi connectivity index (χ1v) is 3.37. The van der Waals surface area contributed by atoms with Crippen molar-refractivity contribution in [2.45, 2.75) is 6.92 Å². The molecule has 0 aliphatic carbocycles. The lowest BCUT2D eigenvalue weighted by Crippen LogP contribution is -2.32. The molecule has 0 radical (unpaired) electrons. The minimum absolute atomic E-state index is 0.0256. The van der Waals surface area contributed by atoms with Crippen LogP contribution < -0.4 is 15.3 Å². The largest absolute Gasteiger partial charge is 0.591 e. The second-order valence-corrected chi connectivity index (χ2v) is 2.06. The zero-order valence-corrected chi connectivity index (χ0v) is 6.52. The Morgan fingerprint density at radius 1 is 1.83 bits per heavy atom. The molecular weight excluding hydrogens is 162 g/mol. The normalized spacial score (nSPS) is 9.75. The molecule has 0 bridgehead atoms. The number of hydrogen-bond acceptors (Lipinski definition) is 5. The van der Waals surface area contributed by atoms with Crippen LogP contribution in [-0.4, -0.2) is 16.8 Å². The maximum Gasteiger partial charge on any atom is 0.407 e. The van der Waals surface area contributed by atoms with Gasteiger partial charge in [0.25, 0.3) is 0 Å². The third-order valence-electron chi connectivity index (χ3n) is 1.21. The molecule has 0 aliphatic rings. The number of nitrogens with two attached hydrogens (primary N) is 1. The molecule has 0 saturated carbocycles. The molecule has 0 atom stereocenters. The molecule has 12 heavy (non-hydrogen) atoms. The van der Waals surface area contributed by atoms with E-state index in [0.29, 0.717) is 6.61 Å². The number of ether oxygens (including phenoxy) is 1. The molecule has 1 rings (SSSR count). The Labute approximate surface area is 68.8 Å². The van der Waals surface area contributed by atoms with Gasteiger partial charge in [0.1, 0.15) is 6.07 Å². The zero-order valence-electron chi connectivity index (χ0n) is 6.52. The number of rotatable bonds is 2. The van der Waals surface area contributed by atoms with Crippen molar-refractivity contribution in [3.63, 3.8) is 0 Å². The second-order valence-electron chi connectivity index (χ2n) is 2.06. The average molecular weight is 171 g/mol. The summed E-state index contributed by atoms with van der Waals surface area (Å²) in [5.74, 6) is -0.362. The number of anilines is 1. The van der Waals surface area contributed by atoms with Gasteiger partial charge in [-0.2, -0.15) is 0 Å². The van der Waals surface area contributed by atoms with Crippen molar-refractivity contribution >= 4 is 5.82 Å². The Bertz CT molecular complexity index is 290. The van der Waals surface area contributed by atoms with Gasteiger partial charge in [0.05, 0.1) is 6.61 Å². The van der Waals surface area contributed by atoms with E-state index in [9.17, 15) is 5.21 Å². The Morgan fingerprint density at radius 3 is 3.08 bits per heavy atom. The fourth-order valence-corrected chi connectivity index (χ4v) is 0.716. The number of hydrogen-bond donors (Lipinski definition) is 2. The molecule has 1 aromatic rings. The van der Waals surface area contributed by atoms with Gasteiger partial charge in [-0.25, -0.2) is 0 Å². The monoisotopic (exact) mass is 171 g/mol. The van der Waals surface area contributed by atoms with Gasteiger partial charge in [0.15, 0.2) is 5.75 Å². The standard InChI is InChI=1S/C6H9N3O3/c1-2-12-4-3-5(10)9(11)8-6(4)7/h3,10H,2H2,1H3,(H2,7,8). The molecule has 1 heterocycles. The molecule has 0 fully saturated rings. The van der Waals surface area contributed by atoms with Crippen molar-refractivity contribution in [3.8, 4) is 11.6 Å². The van der Waals surface area contributed by atoms with Crippen LogP contribution in [0.5, 0.6) is 11.6 Å². The Balaban J connectivity index is 3.05. The predicted molar refractivity (Wildman–Crippen MR) is 40.4 cm³/mol. The van der Waals surface area contributed by atoms with E-state index < -0.39 is 5.88 Å². The average Bonchev–Trinajstić information content (AvgIpc) is 2.01. The quantitative estimate of drug-likeness (QED) is 0.457. The molecule has 0 amide bonds. The molecule has 0 saturated heterocycles. The van der Waals surface area contributed by atoms with Crippen LogP contribution in [-0.2, 0) is 0 Å². The van der Waals surface area contributed by atoms with Gasteiger partial charge in [0.2, 0.25) is 5.82 Å². The third kappa shape index (κ3) is 1.47. The van der Waals surface area contributed by atoms with Gasteiger partial charge in [-0.05, 0) is 11.8 Å². The summed E-state index contributed by atoms with van der Waals surface area (Å²) in [6, 6.07) is 1.12. The highest BCUT2D eigenvalue weighted by atomic mass is 16.5. The summed E-state index contributed by atoms with van der Waals surface area (Å²) in [4.78, 5) is 0.0256. The summed E-state index contributed by atoms with van der Waals surface area (Å²) >= 11 is 0. The maximum absolute atomic E-state index is 10.6. The molecule has 6 nitrogen and oxygen atoms in total. The molecule has 3 N–H and O–H groups in total. The zero-order chi connectivity index (χ0) is 9.14. The van der Waals surface area contributed by atoms with Gasteiger partial charge in [-0.15, -0.1) is 0 Å². The predicted octanol–water partition coefficient (Wildman–Crippen LogP) is -0.599.